The van der Waals surface area contributed by atoms with Gasteiger partial charge in [-0.25, -0.2) is 0 Å². The number of unbranched alkanes of at least 4 members (excludes halogenated alkanes) is 1. The van der Waals surface area contributed by atoms with Crippen LogP contribution >= 0.6 is 0 Å². The molecule has 94 valence electrons. The number of hydrogen-bond acceptors (Lipinski definition) is 2. The van der Waals surface area contributed by atoms with E-state index >= 15 is 0 Å². The van der Waals surface area contributed by atoms with Gasteiger partial charge in [0.1, 0.15) is 0 Å². The quantitative estimate of drug-likeness (QED) is 0.789. The minimum Gasteiger partial charge on any atom is -0.481 e. The van der Waals surface area contributed by atoms with E-state index in [0.717, 1.165) is 25.1 Å². The van der Waals surface area contributed by atoms with Crippen LogP contribution in [0, 0.1) is 6.92 Å². The van der Waals surface area contributed by atoms with Crippen LogP contribution in [-0.4, -0.2) is 24.2 Å². The lowest BCUT2D eigenvalue weighted by Gasteiger charge is -2.24. The first-order valence-corrected chi connectivity index (χ1v) is 6.17. The summed E-state index contributed by atoms with van der Waals surface area (Å²) in [7, 11) is 0. The average molecular weight is 235 g/mol. The molecule has 3 nitrogen and oxygen atoms in total. The Labute approximate surface area is 103 Å². The Bertz CT molecular complexity index is 346. The van der Waals surface area contributed by atoms with Crippen LogP contribution in [0.4, 0.5) is 5.69 Å². The Morgan fingerprint density at radius 3 is 2.41 bits per heavy atom. The molecule has 0 saturated carbocycles. The molecular weight excluding hydrogens is 214 g/mol. The van der Waals surface area contributed by atoms with Crippen LogP contribution in [0.15, 0.2) is 24.3 Å². The van der Waals surface area contributed by atoms with Gasteiger partial charge in [-0.2, -0.15) is 0 Å². The van der Waals surface area contributed by atoms with Crippen molar-refractivity contribution in [2.45, 2.75) is 33.1 Å². The zero-order valence-corrected chi connectivity index (χ0v) is 10.6. The molecule has 0 amide bonds. The number of carboxylic acids is 1. The fourth-order valence-corrected chi connectivity index (χ4v) is 1.71. The summed E-state index contributed by atoms with van der Waals surface area (Å²) in [5.41, 5.74) is 2.34. The molecule has 0 unspecified atom stereocenters. The van der Waals surface area contributed by atoms with Crippen LogP contribution < -0.4 is 4.90 Å². The molecule has 0 aliphatic carbocycles. The summed E-state index contributed by atoms with van der Waals surface area (Å²) in [6, 6.07) is 8.25. The Kier molecular flexibility index (Phi) is 5.53. The largest absolute Gasteiger partial charge is 0.481 e. The lowest BCUT2D eigenvalue weighted by Crippen LogP contribution is -2.27. The number of aryl methyl sites for hydroxylation is 1. The normalized spacial score (nSPS) is 10.2. The van der Waals surface area contributed by atoms with E-state index in [-0.39, 0.29) is 6.42 Å². The topological polar surface area (TPSA) is 40.5 Å². The van der Waals surface area contributed by atoms with E-state index in [4.69, 9.17) is 5.11 Å². The Hall–Kier alpha value is -1.51. The number of hydrogen-bond donors (Lipinski definition) is 1. The predicted molar refractivity (Wildman–Crippen MR) is 70.6 cm³/mol. The molecular formula is C14H21NO2. The van der Waals surface area contributed by atoms with E-state index in [1.54, 1.807) is 0 Å². The highest BCUT2D eigenvalue weighted by molar-refractivity contribution is 5.67. The van der Waals surface area contributed by atoms with Gasteiger partial charge in [-0.15, -0.1) is 0 Å². The Balaban J connectivity index is 2.67. The van der Waals surface area contributed by atoms with Crippen molar-refractivity contribution in [1.29, 1.82) is 0 Å². The number of rotatable bonds is 7. The third-order valence-electron chi connectivity index (χ3n) is 2.78. The molecule has 0 spiro atoms. The summed E-state index contributed by atoms with van der Waals surface area (Å²) in [6.07, 6.45) is 2.40. The molecule has 0 bridgehead atoms. The summed E-state index contributed by atoms with van der Waals surface area (Å²) in [6.45, 7) is 5.70. The smallest absolute Gasteiger partial charge is 0.305 e. The number of anilines is 1. The maximum atomic E-state index is 10.6. The predicted octanol–water partition coefficient (Wildman–Crippen LogP) is 3.08. The second-order valence-corrected chi connectivity index (χ2v) is 4.32. The molecule has 0 heterocycles. The highest BCUT2D eigenvalue weighted by Gasteiger charge is 2.07. The van der Waals surface area contributed by atoms with E-state index in [9.17, 15) is 4.79 Å². The van der Waals surface area contributed by atoms with E-state index in [2.05, 4.69) is 43.0 Å². The maximum Gasteiger partial charge on any atom is 0.305 e. The van der Waals surface area contributed by atoms with E-state index in [1.807, 2.05) is 0 Å². The summed E-state index contributed by atoms with van der Waals surface area (Å²) in [4.78, 5) is 12.8. The lowest BCUT2D eigenvalue weighted by atomic mass is 10.2. The number of benzene rings is 1. The average Bonchev–Trinajstić information content (AvgIpc) is 2.30. The second-order valence-electron chi connectivity index (χ2n) is 4.32. The van der Waals surface area contributed by atoms with Crippen LogP contribution in [0.3, 0.4) is 0 Å². The van der Waals surface area contributed by atoms with Crippen LogP contribution in [-0.2, 0) is 4.79 Å². The molecule has 0 aromatic heterocycles. The van der Waals surface area contributed by atoms with Crippen LogP contribution in [0.25, 0.3) is 0 Å². The van der Waals surface area contributed by atoms with Gasteiger partial charge in [-0.1, -0.05) is 31.0 Å². The third kappa shape index (κ3) is 4.89. The van der Waals surface area contributed by atoms with Crippen molar-refractivity contribution in [2.75, 3.05) is 18.0 Å². The Morgan fingerprint density at radius 2 is 1.88 bits per heavy atom. The zero-order chi connectivity index (χ0) is 12.7. The van der Waals surface area contributed by atoms with Crippen molar-refractivity contribution in [1.82, 2.24) is 0 Å². The van der Waals surface area contributed by atoms with Crippen molar-refractivity contribution >= 4 is 11.7 Å². The first kappa shape index (κ1) is 13.6. The van der Waals surface area contributed by atoms with Gasteiger partial charge in [0, 0.05) is 18.8 Å². The molecule has 0 saturated heterocycles. The number of nitrogens with zero attached hydrogens (tertiary/aromatic N) is 1. The van der Waals surface area contributed by atoms with Gasteiger partial charge in [-0.3, -0.25) is 4.79 Å². The maximum absolute atomic E-state index is 10.6. The lowest BCUT2D eigenvalue weighted by molar-refractivity contribution is -0.136. The number of carboxylic acid groups (broad SMARTS) is 1. The van der Waals surface area contributed by atoms with E-state index in [0.29, 0.717) is 6.54 Å². The molecule has 1 aromatic rings. The van der Waals surface area contributed by atoms with E-state index in [1.165, 1.54) is 5.56 Å². The first-order chi connectivity index (χ1) is 8.13. The van der Waals surface area contributed by atoms with Crippen molar-refractivity contribution in [3.63, 3.8) is 0 Å². The summed E-state index contributed by atoms with van der Waals surface area (Å²) < 4.78 is 0. The van der Waals surface area contributed by atoms with Gasteiger partial charge in [0.2, 0.25) is 0 Å². The van der Waals surface area contributed by atoms with Crippen molar-refractivity contribution in [3.8, 4) is 0 Å². The number of aliphatic carboxylic acids is 1. The van der Waals surface area contributed by atoms with Crippen molar-refractivity contribution in [3.05, 3.63) is 29.8 Å². The monoisotopic (exact) mass is 235 g/mol. The minimum atomic E-state index is -0.737. The second kappa shape index (κ2) is 6.94. The van der Waals surface area contributed by atoms with Gasteiger partial charge in [0.15, 0.2) is 0 Å². The molecule has 0 fully saturated rings. The summed E-state index contributed by atoms with van der Waals surface area (Å²) in [5, 5.41) is 8.75. The highest BCUT2D eigenvalue weighted by atomic mass is 16.4. The van der Waals surface area contributed by atoms with Gasteiger partial charge < -0.3 is 10.0 Å². The first-order valence-electron chi connectivity index (χ1n) is 6.17. The van der Waals surface area contributed by atoms with E-state index < -0.39 is 5.97 Å². The van der Waals surface area contributed by atoms with Crippen LogP contribution in [0.5, 0.6) is 0 Å². The van der Waals surface area contributed by atoms with Gasteiger partial charge in [0.25, 0.3) is 0 Å². The van der Waals surface area contributed by atoms with Crippen LogP contribution in [0.1, 0.15) is 31.7 Å². The molecule has 1 aromatic carbocycles. The van der Waals surface area contributed by atoms with Crippen LogP contribution in [0.2, 0.25) is 0 Å². The fourth-order valence-electron chi connectivity index (χ4n) is 1.71. The molecule has 17 heavy (non-hydrogen) atoms. The Morgan fingerprint density at radius 1 is 1.24 bits per heavy atom. The highest BCUT2D eigenvalue weighted by Crippen LogP contribution is 2.16. The molecule has 1 rings (SSSR count). The molecule has 3 heteroatoms. The third-order valence-corrected chi connectivity index (χ3v) is 2.78. The molecule has 0 aliphatic heterocycles. The molecule has 0 atom stereocenters. The van der Waals surface area contributed by atoms with Crippen molar-refractivity contribution in [2.24, 2.45) is 0 Å². The number of carbonyl (C=O) groups is 1. The standard InChI is InChI=1S/C14H21NO2/c1-3-4-10-15(11-9-14(16)17)13-7-5-12(2)6-8-13/h5-8H,3-4,9-11H2,1-2H3,(H,16,17). The van der Waals surface area contributed by atoms with Crippen molar-refractivity contribution < 1.29 is 9.90 Å². The van der Waals surface area contributed by atoms with Gasteiger partial charge >= 0.3 is 5.97 Å². The fraction of sp³-hybridized carbons (Fsp3) is 0.500. The summed E-state index contributed by atoms with van der Waals surface area (Å²) in [5.74, 6) is -0.737. The summed E-state index contributed by atoms with van der Waals surface area (Å²) >= 11 is 0. The zero-order valence-electron chi connectivity index (χ0n) is 10.6. The van der Waals surface area contributed by atoms with Gasteiger partial charge in [0.05, 0.1) is 6.42 Å². The molecule has 0 radical (unpaired) electrons. The van der Waals surface area contributed by atoms with Gasteiger partial charge in [-0.05, 0) is 25.5 Å². The minimum absolute atomic E-state index is 0.192. The SMILES string of the molecule is CCCCN(CCC(=O)O)c1ccc(C)cc1. The molecule has 1 N–H and O–H groups in total. The molecule has 0 aliphatic rings.